The summed E-state index contributed by atoms with van der Waals surface area (Å²) >= 11 is 0. The van der Waals surface area contributed by atoms with Gasteiger partial charge in [0, 0.05) is 28.9 Å². The van der Waals surface area contributed by atoms with Crippen LogP contribution in [0.1, 0.15) is 53.0 Å². The van der Waals surface area contributed by atoms with Crippen LogP contribution in [-0.2, 0) is 13.0 Å². The standard InChI is InChI=1S/C26H25N3O3/c1-3-29-22-14-8-13-21(20(22)15-27-29)28-26(31)19-12-7-11-18-23(30)16(2)24(32-25(18)19)17-9-5-4-6-10-17/h4-7,9-12,15,21H,3,8,13-14H2,1-2H3,(H,28,31). The molecule has 0 fully saturated rings. The third-order valence-corrected chi connectivity index (χ3v) is 6.29. The van der Waals surface area contributed by atoms with Crippen molar-refractivity contribution in [2.75, 3.05) is 0 Å². The molecule has 6 heteroatoms. The fourth-order valence-electron chi connectivity index (χ4n) is 4.63. The Kier molecular flexibility index (Phi) is 5.13. The maximum Gasteiger partial charge on any atom is 0.255 e. The van der Waals surface area contributed by atoms with Gasteiger partial charge in [-0.05, 0) is 45.2 Å². The van der Waals surface area contributed by atoms with E-state index in [0.717, 1.165) is 36.9 Å². The van der Waals surface area contributed by atoms with Crippen LogP contribution in [0.4, 0.5) is 0 Å². The third-order valence-electron chi connectivity index (χ3n) is 6.29. The first-order chi connectivity index (χ1) is 15.6. The third kappa shape index (κ3) is 3.32. The number of amides is 1. The zero-order valence-electron chi connectivity index (χ0n) is 18.2. The molecule has 0 spiro atoms. The van der Waals surface area contributed by atoms with E-state index in [4.69, 9.17) is 4.42 Å². The molecular formula is C26H25N3O3. The molecule has 1 N–H and O–H groups in total. The quantitative estimate of drug-likeness (QED) is 0.508. The number of aromatic nitrogens is 2. The predicted molar refractivity (Wildman–Crippen MR) is 124 cm³/mol. The number of hydrogen-bond donors (Lipinski definition) is 1. The molecule has 0 saturated carbocycles. The Bertz CT molecular complexity index is 1370. The van der Waals surface area contributed by atoms with Gasteiger partial charge in [0.1, 0.15) is 5.76 Å². The summed E-state index contributed by atoms with van der Waals surface area (Å²) in [6.45, 7) is 4.64. The summed E-state index contributed by atoms with van der Waals surface area (Å²) in [4.78, 5) is 26.4. The van der Waals surface area contributed by atoms with E-state index < -0.39 is 0 Å². The van der Waals surface area contributed by atoms with Gasteiger partial charge in [-0.2, -0.15) is 5.10 Å². The molecule has 32 heavy (non-hydrogen) atoms. The first-order valence-corrected chi connectivity index (χ1v) is 11.1. The second-order valence-electron chi connectivity index (χ2n) is 8.21. The minimum atomic E-state index is -0.247. The van der Waals surface area contributed by atoms with Crippen molar-refractivity contribution in [1.29, 1.82) is 0 Å². The monoisotopic (exact) mass is 427 g/mol. The number of nitrogens with zero attached hydrogens (tertiary/aromatic N) is 2. The van der Waals surface area contributed by atoms with E-state index in [9.17, 15) is 9.59 Å². The van der Waals surface area contributed by atoms with E-state index in [1.54, 1.807) is 25.1 Å². The molecule has 1 atom stereocenters. The number of nitrogens with one attached hydrogen (secondary N) is 1. The van der Waals surface area contributed by atoms with Crippen molar-refractivity contribution in [3.05, 3.63) is 87.3 Å². The summed E-state index contributed by atoms with van der Waals surface area (Å²) in [5.74, 6) is 0.247. The average Bonchev–Trinajstić information content (AvgIpc) is 3.26. The average molecular weight is 428 g/mol. The summed E-state index contributed by atoms with van der Waals surface area (Å²) in [7, 11) is 0. The highest BCUT2D eigenvalue weighted by molar-refractivity contribution is 6.05. The van der Waals surface area contributed by atoms with Crippen LogP contribution < -0.4 is 10.7 Å². The van der Waals surface area contributed by atoms with Gasteiger partial charge < -0.3 is 9.73 Å². The van der Waals surface area contributed by atoms with E-state index in [-0.39, 0.29) is 17.4 Å². The Morgan fingerprint density at radius 2 is 2.00 bits per heavy atom. The molecule has 1 aliphatic carbocycles. The van der Waals surface area contributed by atoms with Gasteiger partial charge >= 0.3 is 0 Å². The molecule has 2 aromatic heterocycles. The number of aryl methyl sites for hydroxylation is 1. The molecule has 1 amide bonds. The molecular weight excluding hydrogens is 402 g/mol. The number of benzene rings is 2. The van der Waals surface area contributed by atoms with E-state index in [1.807, 2.05) is 41.2 Å². The second-order valence-corrected chi connectivity index (χ2v) is 8.21. The zero-order valence-corrected chi connectivity index (χ0v) is 18.2. The van der Waals surface area contributed by atoms with Gasteiger partial charge in [-0.1, -0.05) is 36.4 Å². The van der Waals surface area contributed by atoms with Crippen LogP contribution in [0.2, 0.25) is 0 Å². The fourth-order valence-corrected chi connectivity index (χ4v) is 4.63. The van der Waals surface area contributed by atoms with Crippen LogP contribution in [0, 0.1) is 6.92 Å². The lowest BCUT2D eigenvalue weighted by atomic mass is 9.92. The van der Waals surface area contributed by atoms with E-state index in [2.05, 4.69) is 17.3 Å². The van der Waals surface area contributed by atoms with Gasteiger partial charge in [-0.25, -0.2) is 0 Å². The molecule has 2 heterocycles. The van der Waals surface area contributed by atoms with Crippen LogP contribution in [0.15, 0.2) is 63.9 Å². The smallest absolute Gasteiger partial charge is 0.255 e. The SMILES string of the molecule is CCn1ncc2c1CCCC2NC(=O)c1cccc2c(=O)c(C)c(-c3ccccc3)oc12. The van der Waals surface area contributed by atoms with Crippen LogP contribution in [0.5, 0.6) is 0 Å². The first kappa shape index (κ1) is 20.2. The first-order valence-electron chi connectivity index (χ1n) is 11.1. The maximum atomic E-state index is 13.4. The summed E-state index contributed by atoms with van der Waals surface area (Å²) in [6, 6.07) is 14.6. The summed E-state index contributed by atoms with van der Waals surface area (Å²) in [5, 5.41) is 8.04. The number of hydrogen-bond acceptors (Lipinski definition) is 4. The van der Waals surface area contributed by atoms with E-state index >= 15 is 0 Å². The summed E-state index contributed by atoms with van der Waals surface area (Å²) in [5.41, 5.74) is 4.17. The van der Waals surface area contributed by atoms with Crippen molar-refractivity contribution >= 4 is 16.9 Å². The van der Waals surface area contributed by atoms with E-state index in [1.165, 1.54) is 5.69 Å². The fraction of sp³-hybridized carbons (Fsp3) is 0.269. The van der Waals surface area contributed by atoms with Crippen molar-refractivity contribution in [1.82, 2.24) is 15.1 Å². The Hall–Kier alpha value is -3.67. The van der Waals surface area contributed by atoms with Gasteiger partial charge in [-0.3, -0.25) is 14.3 Å². The van der Waals surface area contributed by atoms with Crippen molar-refractivity contribution in [2.24, 2.45) is 0 Å². The van der Waals surface area contributed by atoms with Gasteiger partial charge in [0.15, 0.2) is 11.0 Å². The minimum absolute atomic E-state index is 0.104. The molecule has 0 aliphatic heterocycles. The highest BCUT2D eigenvalue weighted by atomic mass is 16.3. The topological polar surface area (TPSA) is 77.1 Å². The Morgan fingerprint density at radius 1 is 1.19 bits per heavy atom. The highest BCUT2D eigenvalue weighted by Gasteiger charge is 2.27. The van der Waals surface area contributed by atoms with E-state index in [0.29, 0.717) is 27.9 Å². The molecule has 1 aliphatic rings. The maximum absolute atomic E-state index is 13.4. The van der Waals surface area contributed by atoms with Crippen molar-refractivity contribution < 1.29 is 9.21 Å². The molecule has 1 unspecified atom stereocenters. The zero-order chi connectivity index (χ0) is 22.2. The second kappa shape index (κ2) is 8.11. The lowest BCUT2D eigenvalue weighted by Crippen LogP contribution is -2.31. The van der Waals surface area contributed by atoms with Crippen LogP contribution in [0.25, 0.3) is 22.3 Å². The molecule has 0 bridgehead atoms. The Morgan fingerprint density at radius 3 is 2.78 bits per heavy atom. The highest BCUT2D eigenvalue weighted by Crippen LogP contribution is 2.31. The van der Waals surface area contributed by atoms with Gasteiger partial charge in [0.05, 0.1) is 23.2 Å². The largest absolute Gasteiger partial charge is 0.455 e. The van der Waals surface area contributed by atoms with Crippen LogP contribution in [0.3, 0.4) is 0 Å². The molecule has 2 aromatic carbocycles. The summed E-state index contributed by atoms with van der Waals surface area (Å²) < 4.78 is 8.21. The van der Waals surface area contributed by atoms with Crippen molar-refractivity contribution in [3.8, 4) is 11.3 Å². The van der Waals surface area contributed by atoms with Crippen molar-refractivity contribution in [3.63, 3.8) is 0 Å². The Labute approximate surface area is 185 Å². The van der Waals surface area contributed by atoms with Crippen molar-refractivity contribution in [2.45, 2.75) is 45.7 Å². The van der Waals surface area contributed by atoms with Crippen LogP contribution in [-0.4, -0.2) is 15.7 Å². The lowest BCUT2D eigenvalue weighted by molar-refractivity contribution is 0.0933. The predicted octanol–water partition coefficient (Wildman–Crippen LogP) is 4.79. The van der Waals surface area contributed by atoms with Gasteiger partial charge in [-0.15, -0.1) is 0 Å². The normalized spacial score (nSPS) is 15.5. The van der Waals surface area contributed by atoms with Crippen LogP contribution >= 0.6 is 0 Å². The van der Waals surface area contributed by atoms with Gasteiger partial charge in [0.2, 0.25) is 0 Å². The number of carbonyl (C=O) groups is 1. The summed E-state index contributed by atoms with van der Waals surface area (Å²) in [6.07, 6.45) is 4.68. The molecule has 0 saturated heterocycles. The molecule has 6 nitrogen and oxygen atoms in total. The number of carbonyl (C=O) groups excluding carboxylic acids is 1. The molecule has 162 valence electrons. The molecule has 0 radical (unpaired) electrons. The number of rotatable bonds is 4. The van der Waals surface area contributed by atoms with Gasteiger partial charge in [0.25, 0.3) is 5.91 Å². The Balaban J connectivity index is 1.56. The number of fused-ring (bicyclic) bond motifs is 2. The molecule has 5 rings (SSSR count). The molecule has 4 aromatic rings. The number of para-hydroxylation sites is 1. The minimum Gasteiger partial charge on any atom is -0.455 e. The lowest BCUT2D eigenvalue weighted by Gasteiger charge is -2.24.